The van der Waals surface area contributed by atoms with E-state index in [2.05, 4.69) is 15.9 Å². The lowest BCUT2D eigenvalue weighted by Gasteiger charge is -2.27. The number of anilines is 1. The van der Waals surface area contributed by atoms with Gasteiger partial charge in [0.25, 0.3) is 5.91 Å². The highest BCUT2D eigenvalue weighted by Gasteiger charge is 2.44. The Balaban J connectivity index is 1.85. The lowest BCUT2D eigenvalue weighted by Crippen LogP contribution is -2.29. The number of nitrogens with zero attached hydrogens (tertiary/aromatic N) is 1. The molecular weight excluding hydrogens is 526 g/mol. The predicted octanol–water partition coefficient (Wildman–Crippen LogP) is 5.95. The molecule has 1 atom stereocenters. The SMILES string of the molecule is COc1cc(C2c3c(oc4ccc(Br)cc4c3=O)C(=O)N2c2ccc(C)c(C)c2)cc(OC)c1OC. The van der Waals surface area contributed by atoms with Crippen LogP contribution in [0, 0.1) is 13.8 Å². The molecule has 3 aromatic carbocycles. The molecule has 5 rings (SSSR count). The minimum atomic E-state index is -0.775. The molecule has 0 N–H and O–H groups in total. The van der Waals surface area contributed by atoms with Gasteiger partial charge in [0, 0.05) is 10.2 Å². The smallest absolute Gasteiger partial charge is 0.295 e. The van der Waals surface area contributed by atoms with Gasteiger partial charge >= 0.3 is 0 Å². The molecule has 0 aliphatic carbocycles. The van der Waals surface area contributed by atoms with Crippen LogP contribution in [0.2, 0.25) is 0 Å². The van der Waals surface area contributed by atoms with Crippen molar-refractivity contribution in [3.8, 4) is 17.2 Å². The number of carbonyl (C=O) groups is 1. The minimum Gasteiger partial charge on any atom is -0.493 e. The highest BCUT2D eigenvalue weighted by molar-refractivity contribution is 9.10. The summed E-state index contributed by atoms with van der Waals surface area (Å²) in [4.78, 5) is 29.3. The van der Waals surface area contributed by atoms with E-state index in [1.54, 1.807) is 35.2 Å². The summed E-state index contributed by atoms with van der Waals surface area (Å²) in [7, 11) is 4.57. The summed E-state index contributed by atoms with van der Waals surface area (Å²) in [6.45, 7) is 3.99. The molecule has 184 valence electrons. The predicted molar refractivity (Wildman–Crippen MR) is 141 cm³/mol. The molecule has 1 amide bonds. The summed E-state index contributed by atoms with van der Waals surface area (Å²) in [5.41, 5.74) is 3.73. The molecule has 4 aromatic rings. The van der Waals surface area contributed by atoms with E-state index in [4.69, 9.17) is 18.6 Å². The first-order valence-electron chi connectivity index (χ1n) is 11.3. The number of rotatable bonds is 5. The molecule has 1 aromatic heterocycles. The van der Waals surface area contributed by atoms with E-state index < -0.39 is 11.9 Å². The molecule has 1 unspecified atom stereocenters. The van der Waals surface area contributed by atoms with Crippen molar-refractivity contribution in [3.05, 3.63) is 91.2 Å². The Morgan fingerprint density at radius 3 is 2.17 bits per heavy atom. The van der Waals surface area contributed by atoms with Crippen LogP contribution in [0.5, 0.6) is 17.2 Å². The van der Waals surface area contributed by atoms with Crippen LogP contribution < -0.4 is 24.5 Å². The molecule has 0 saturated heterocycles. The van der Waals surface area contributed by atoms with Gasteiger partial charge in [-0.05, 0) is 73.0 Å². The topological polar surface area (TPSA) is 78.2 Å². The lowest BCUT2D eigenvalue weighted by atomic mass is 9.97. The van der Waals surface area contributed by atoms with Crippen LogP contribution in [0.4, 0.5) is 5.69 Å². The van der Waals surface area contributed by atoms with Crippen LogP contribution in [0.25, 0.3) is 11.0 Å². The van der Waals surface area contributed by atoms with E-state index in [1.807, 2.05) is 32.0 Å². The average molecular weight is 550 g/mol. The Hall–Kier alpha value is -3.78. The van der Waals surface area contributed by atoms with Crippen molar-refractivity contribution in [2.24, 2.45) is 0 Å². The third-order valence-corrected chi connectivity index (χ3v) is 7.10. The fourth-order valence-corrected chi connectivity index (χ4v) is 5.02. The lowest BCUT2D eigenvalue weighted by molar-refractivity contribution is 0.0971. The Bertz CT molecular complexity index is 1570. The van der Waals surface area contributed by atoms with Gasteiger partial charge in [-0.25, -0.2) is 0 Å². The summed E-state index contributed by atoms with van der Waals surface area (Å²) in [5.74, 6) is 0.877. The summed E-state index contributed by atoms with van der Waals surface area (Å²) in [5, 5.41) is 0.385. The van der Waals surface area contributed by atoms with Crippen LogP contribution in [0.1, 0.15) is 38.9 Å². The Morgan fingerprint density at radius 2 is 1.56 bits per heavy atom. The van der Waals surface area contributed by atoms with E-state index in [1.165, 1.54) is 21.3 Å². The number of hydrogen-bond donors (Lipinski definition) is 0. The largest absolute Gasteiger partial charge is 0.493 e. The summed E-state index contributed by atoms with van der Waals surface area (Å²) in [6, 6.07) is 13.7. The molecule has 0 saturated carbocycles. The molecule has 0 spiro atoms. The first-order valence-corrected chi connectivity index (χ1v) is 12.0. The van der Waals surface area contributed by atoms with Crippen LogP contribution in [-0.2, 0) is 0 Å². The van der Waals surface area contributed by atoms with Crippen LogP contribution >= 0.6 is 15.9 Å². The van der Waals surface area contributed by atoms with Crippen LogP contribution in [0.3, 0.4) is 0 Å². The fraction of sp³-hybridized carbons (Fsp3) is 0.214. The standard InChI is InChI=1S/C28H24BrNO6/c1-14-6-8-18(10-15(14)2)30-24(16-11-21(33-3)26(35-5)22(12-16)34-4)23-25(31)19-13-17(29)7-9-20(19)36-27(23)28(30)32/h6-13,24H,1-5H3. The number of amides is 1. The normalized spacial score (nSPS) is 14.8. The van der Waals surface area contributed by atoms with Gasteiger partial charge < -0.3 is 18.6 Å². The molecular formula is C28H24BrNO6. The van der Waals surface area contributed by atoms with Gasteiger partial charge in [-0.3, -0.25) is 14.5 Å². The van der Waals surface area contributed by atoms with Gasteiger partial charge in [-0.15, -0.1) is 0 Å². The van der Waals surface area contributed by atoms with Gasteiger partial charge in [0.05, 0.1) is 38.3 Å². The zero-order valence-corrected chi connectivity index (χ0v) is 22.1. The second-order valence-corrected chi connectivity index (χ2v) is 9.54. The summed E-state index contributed by atoms with van der Waals surface area (Å²) >= 11 is 3.43. The average Bonchev–Trinajstić information content (AvgIpc) is 3.17. The maximum Gasteiger partial charge on any atom is 0.295 e. The minimum absolute atomic E-state index is 0.0202. The quantitative estimate of drug-likeness (QED) is 0.306. The first kappa shape index (κ1) is 23.9. The third kappa shape index (κ3) is 3.64. The number of carbonyl (C=O) groups excluding carboxylic acids is 1. The summed E-state index contributed by atoms with van der Waals surface area (Å²) < 4.78 is 23.4. The molecule has 0 fully saturated rings. The number of fused-ring (bicyclic) bond motifs is 2. The number of ether oxygens (including phenoxy) is 3. The maximum atomic E-state index is 13.9. The number of halogens is 1. The molecule has 1 aliphatic rings. The molecule has 8 heteroatoms. The van der Waals surface area contributed by atoms with E-state index >= 15 is 0 Å². The number of aryl methyl sites for hydroxylation is 2. The van der Waals surface area contributed by atoms with E-state index in [9.17, 15) is 9.59 Å². The van der Waals surface area contributed by atoms with Crippen molar-refractivity contribution in [2.45, 2.75) is 19.9 Å². The van der Waals surface area contributed by atoms with Gasteiger partial charge in [-0.2, -0.15) is 0 Å². The number of hydrogen-bond acceptors (Lipinski definition) is 6. The Kier molecular flexibility index (Phi) is 6.00. The van der Waals surface area contributed by atoms with Gasteiger partial charge in [-0.1, -0.05) is 22.0 Å². The molecule has 7 nitrogen and oxygen atoms in total. The van der Waals surface area contributed by atoms with Crippen molar-refractivity contribution >= 4 is 38.5 Å². The van der Waals surface area contributed by atoms with Crippen LogP contribution in [0.15, 0.2) is 62.2 Å². The number of methoxy groups -OCH3 is 3. The molecule has 2 heterocycles. The second-order valence-electron chi connectivity index (χ2n) is 8.62. The number of benzene rings is 3. The first-order chi connectivity index (χ1) is 17.3. The molecule has 36 heavy (non-hydrogen) atoms. The van der Waals surface area contributed by atoms with Gasteiger partial charge in [0.1, 0.15) is 5.58 Å². The van der Waals surface area contributed by atoms with Crippen molar-refractivity contribution in [2.75, 3.05) is 26.2 Å². The van der Waals surface area contributed by atoms with Crippen molar-refractivity contribution in [3.63, 3.8) is 0 Å². The second kappa shape index (κ2) is 9.02. The molecule has 1 aliphatic heterocycles. The Morgan fingerprint density at radius 1 is 0.861 bits per heavy atom. The Labute approximate surface area is 216 Å². The highest BCUT2D eigenvalue weighted by atomic mass is 79.9. The van der Waals surface area contributed by atoms with E-state index in [0.717, 1.165) is 15.6 Å². The van der Waals surface area contributed by atoms with Crippen molar-refractivity contribution < 1.29 is 23.4 Å². The molecule has 0 bridgehead atoms. The maximum absolute atomic E-state index is 13.9. The summed E-state index contributed by atoms with van der Waals surface area (Å²) in [6.07, 6.45) is 0. The third-order valence-electron chi connectivity index (χ3n) is 6.60. The van der Waals surface area contributed by atoms with Crippen LogP contribution in [-0.4, -0.2) is 27.2 Å². The van der Waals surface area contributed by atoms with E-state index in [-0.39, 0.29) is 16.8 Å². The zero-order chi connectivity index (χ0) is 25.7. The van der Waals surface area contributed by atoms with Crippen molar-refractivity contribution in [1.82, 2.24) is 0 Å². The monoisotopic (exact) mass is 549 g/mol. The van der Waals surface area contributed by atoms with E-state index in [0.29, 0.717) is 39.5 Å². The fourth-order valence-electron chi connectivity index (χ4n) is 4.66. The van der Waals surface area contributed by atoms with Crippen molar-refractivity contribution in [1.29, 1.82) is 0 Å². The zero-order valence-electron chi connectivity index (χ0n) is 20.5. The van der Waals surface area contributed by atoms with Gasteiger partial charge in [0.15, 0.2) is 16.9 Å². The molecule has 0 radical (unpaired) electrons. The highest BCUT2D eigenvalue weighted by Crippen LogP contribution is 2.46. The van der Waals surface area contributed by atoms with Gasteiger partial charge in [0.2, 0.25) is 11.5 Å².